The first-order chi connectivity index (χ1) is 50.7. The number of allylic oxidation sites excluding steroid dienone is 24. The first-order valence-corrected chi connectivity index (χ1v) is 42.7. The molecule has 5 atom stereocenters. The summed E-state index contributed by atoms with van der Waals surface area (Å²) >= 11 is 0. The quantitative estimate of drug-likeness (QED) is 0.0169. The van der Waals surface area contributed by atoms with Crippen LogP contribution in [0.1, 0.15) is 297 Å². The van der Waals surface area contributed by atoms with Crippen molar-refractivity contribution in [2.75, 3.05) is 39.6 Å². The molecule has 0 aromatic carbocycles. The normalized spacial score (nSPS) is 14.7. The third-order valence-corrected chi connectivity index (χ3v) is 18.0. The van der Waals surface area contributed by atoms with Gasteiger partial charge in [0.15, 0.2) is 12.2 Å². The number of unbranched alkanes of at least 4 members (excludes halogenated alkanes) is 23. The summed E-state index contributed by atoms with van der Waals surface area (Å²) in [6.07, 6.45) is 88.6. The summed E-state index contributed by atoms with van der Waals surface area (Å²) < 4.78 is 68.3. The lowest BCUT2D eigenvalue weighted by Gasteiger charge is -2.21. The Morgan fingerprint density at radius 2 is 0.548 bits per heavy atom. The van der Waals surface area contributed by atoms with E-state index in [1.54, 1.807) is 18.2 Å². The summed E-state index contributed by atoms with van der Waals surface area (Å²) in [6.45, 7) is 4.38. The molecule has 104 heavy (non-hydrogen) atoms. The van der Waals surface area contributed by atoms with Crippen molar-refractivity contribution in [3.05, 3.63) is 158 Å². The number of rotatable bonds is 73. The number of aliphatic hydroxyl groups excluding tert-OH is 1. The molecule has 19 heteroatoms. The molecular formula is C85H140O17P2. The summed E-state index contributed by atoms with van der Waals surface area (Å²) in [7, 11) is -10.0. The van der Waals surface area contributed by atoms with Crippen LogP contribution >= 0.6 is 15.6 Å². The van der Waals surface area contributed by atoms with E-state index in [4.69, 9.17) is 37.0 Å². The molecule has 592 valence electrons. The monoisotopic (exact) mass is 1490 g/mol. The molecule has 0 saturated carbocycles. The number of esters is 4. The van der Waals surface area contributed by atoms with E-state index in [2.05, 4.69) is 137 Å². The Morgan fingerprint density at radius 3 is 0.913 bits per heavy atom. The molecule has 0 saturated heterocycles. The summed E-state index contributed by atoms with van der Waals surface area (Å²) in [5, 5.41) is 10.6. The van der Waals surface area contributed by atoms with Crippen molar-refractivity contribution >= 4 is 39.5 Å². The topological polar surface area (TPSA) is 237 Å². The zero-order valence-electron chi connectivity index (χ0n) is 64.6. The lowest BCUT2D eigenvalue weighted by Crippen LogP contribution is -2.30. The van der Waals surface area contributed by atoms with Crippen LogP contribution in [0.4, 0.5) is 0 Å². The molecule has 0 bridgehead atoms. The van der Waals surface area contributed by atoms with E-state index in [0.717, 1.165) is 135 Å². The van der Waals surface area contributed by atoms with Gasteiger partial charge in [-0.2, -0.15) is 0 Å². The Labute approximate surface area is 629 Å². The van der Waals surface area contributed by atoms with Crippen LogP contribution in [0, 0.1) is 0 Å². The molecule has 0 spiro atoms. The molecule has 0 rings (SSSR count). The average molecular weight is 1500 g/mol. The number of carbonyl (C=O) groups excluding carboxylic acids is 4. The third-order valence-electron chi connectivity index (χ3n) is 16.1. The first kappa shape index (κ1) is 98.7. The summed E-state index contributed by atoms with van der Waals surface area (Å²) in [5.41, 5.74) is 0. The molecule has 3 N–H and O–H groups in total. The molecule has 0 aromatic rings. The molecule has 0 aromatic heterocycles. The molecule has 5 unspecified atom stereocenters. The van der Waals surface area contributed by atoms with E-state index >= 15 is 0 Å². The minimum Gasteiger partial charge on any atom is -0.462 e. The van der Waals surface area contributed by atoms with Crippen molar-refractivity contribution in [1.82, 2.24) is 0 Å². The Balaban J connectivity index is 5.49. The van der Waals surface area contributed by atoms with Crippen molar-refractivity contribution < 1.29 is 80.2 Å². The van der Waals surface area contributed by atoms with Crippen molar-refractivity contribution in [2.45, 2.75) is 316 Å². The van der Waals surface area contributed by atoms with Gasteiger partial charge in [-0.05, 0) is 116 Å². The molecule has 0 radical (unpaired) electrons. The van der Waals surface area contributed by atoms with Gasteiger partial charge in [-0.3, -0.25) is 37.3 Å². The van der Waals surface area contributed by atoms with Crippen LogP contribution in [0.25, 0.3) is 0 Å². The van der Waals surface area contributed by atoms with Gasteiger partial charge in [-0.25, -0.2) is 9.13 Å². The molecule has 17 nitrogen and oxygen atoms in total. The minimum atomic E-state index is -5.03. The highest BCUT2D eigenvalue weighted by molar-refractivity contribution is 7.47. The highest BCUT2D eigenvalue weighted by Crippen LogP contribution is 2.45. The lowest BCUT2D eigenvalue weighted by atomic mass is 10.0. The SMILES string of the molecule is CC/C=C\C/C=C\C/C=C\C/C=C\C/C=C\CC(=O)OCC(COP(=O)(O)OCC(O)COP(=O)(O)OCC(COC(=O)CCCCCCCC/C=C\C/C=C\C/C=C\CCCCC)OC(=O)CCCCCCCCCCCCCCCCC)OC(=O)C/C=C\C/C=C\C/C=C\C/C=C\C/C=C\CC. The zero-order chi connectivity index (χ0) is 76.0. The van der Waals surface area contributed by atoms with E-state index in [1.165, 1.54) is 83.5 Å². The van der Waals surface area contributed by atoms with E-state index in [-0.39, 0.29) is 25.7 Å². The summed E-state index contributed by atoms with van der Waals surface area (Å²) in [4.78, 5) is 72.9. The van der Waals surface area contributed by atoms with Gasteiger partial charge in [0, 0.05) is 12.8 Å². The standard InChI is InChI=1S/C85H140O17P2/c1-5-9-13-17-21-25-29-33-37-38-39-40-44-46-50-54-58-62-66-70-83(88)96-76-81(102-85(90)72-68-64-60-56-52-48-43-36-32-28-24-20-16-12-8-4)78-100-104(93,94)98-74-79(86)73-97-103(91,92)99-77-80(101-84(89)71-67-63-59-55-51-47-42-35-31-27-23-19-15-11-7-3)75-95-82(87)69-65-61-57-53-49-45-41-34-30-26-22-18-14-10-6-2/h10-11,14-15,21-23,25-27,33-35,37,39-42,49,51,53,55,61,63,65,67,79-81,86H,5-9,12-13,16-20,24,28-32,36,38,43-48,50,52,54,56-60,62,64,66,68-78H2,1-4H3,(H,91,92)(H,93,94)/b14-10-,15-11-,25-21-,26-22-,27-23-,37-33-,40-39-,41-34-,42-35-,53-49-,55-51-,65-61-,67-63-. The molecule has 0 aliphatic heterocycles. The summed E-state index contributed by atoms with van der Waals surface area (Å²) in [5.74, 6) is -2.49. The molecular weight excluding hydrogens is 1350 g/mol. The van der Waals surface area contributed by atoms with Gasteiger partial charge < -0.3 is 33.8 Å². The second kappa shape index (κ2) is 75.9. The van der Waals surface area contributed by atoms with Crippen molar-refractivity contribution in [3.8, 4) is 0 Å². The van der Waals surface area contributed by atoms with Gasteiger partial charge in [0.05, 0.1) is 39.3 Å². The second-order valence-electron chi connectivity index (χ2n) is 25.9. The fourth-order valence-corrected chi connectivity index (χ4v) is 11.7. The Kier molecular flexibility index (Phi) is 72.0. The van der Waals surface area contributed by atoms with Gasteiger partial charge in [-0.15, -0.1) is 0 Å². The Bertz CT molecular complexity index is 2590. The largest absolute Gasteiger partial charge is 0.472 e. The van der Waals surface area contributed by atoms with Gasteiger partial charge >= 0.3 is 39.5 Å². The fraction of sp³-hybridized carbons (Fsp3) is 0.647. The van der Waals surface area contributed by atoms with Crippen LogP contribution in [0.3, 0.4) is 0 Å². The predicted octanol–water partition coefficient (Wildman–Crippen LogP) is 23.2. The highest BCUT2D eigenvalue weighted by atomic mass is 31.2. The summed E-state index contributed by atoms with van der Waals surface area (Å²) in [6, 6.07) is 0. The number of hydrogen-bond donors (Lipinski definition) is 3. The number of carbonyl (C=O) groups is 4. The van der Waals surface area contributed by atoms with Gasteiger partial charge in [0.25, 0.3) is 0 Å². The molecule has 0 aliphatic carbocycles. The maximum absolute atomic E-state index is 13.1. The van der Waals surface area contributed by atoms with Gasteiger partial charge in [-0.1, -0.05) is 314 Å². The molecule has 0 heterocycles. The molecule has 0 fully saturated rings. The van der Waals surface area contributed by atoms with Crippen LogP contribution in [-0.2, 0) is 65.4 Å². The number of hydrogen-bond acceptors (Lipinski definition) is 15. The Morgan fingerprint density at radius 1 is 0.288 bits per heavy atom. The number of phosphoric acid groups is 2. The fourth-order valence-electron chi connectivity index (χ4n) is 10.1. The minimum absolute atomic E-state index is 0.0864. The van der Waals surface area contributed by atoms with Crippen LogP contribution in [-0.4, -0.2) is 96.7 Å². The van der Waals surface area contributed by atoms with Gasteiger partial charge in [0.2, 0.25) is 0 Å². The lowest BCUT2D eigenvalue weighted by molar-refractivity contribution is -0.161. The zero-order valence-corrected chi connectivity index (χ0v) is 66.4. The van der Waals surface area contributed by atoms with Crippen molar-refractivity contribution in [1.29, 1.82) is 0 Å². The average Bonchev–Trinajstić information content (AvgIpc) is 0.912. The predicted molar refractivity (Wildman–Crippen MR) is 427 cm³/mol. The maximum atomic E-state index is 13.1. The Hall–Kier alpha value is -5.32. The third kappa shape index (κ3) is 74.9. The van der Waals surface area contributed by atoms with Crippen molar-refractivity contribution in [2.24, 2.45) is 0 Å². The van der Waals surface area contributed by atoms with Crippen LogP contribution in [0.5, 0.6) is 0 Å². The van der Waals surface area contributed by atoms with E-state index < -0.39 is 97.5 Å². The van der Waals surface area contributed by atoms with Gasteiger partial charge in [0.1, 0.15) is 19.3 Å². The number of aliphatic hydroxyl groups is 1. The first-order valence-electron chi connectivity index (χ1n) is 39.7. The maximum Gasteiger partial charge on any atom is 0.472 e. The van der Waals surface area contributed by atoms with E-state index in [1.807, 2.05) is 30.4 Å². The van der Waals surface area contributed by atoms with E-state index in [0.29, 0.717) is 25.7 Å². The molecule has 0 amide bonds. The van der Waals surface area contributed by atoms with E-state index in [9.17, 15) is 43.2 Å². The number of ether oxygens (including phenoxy) is 4. The molecule has 0 aliphatic rings. The van der Waals surface area contributed by atoms with Crippen LogP contribution < -0.4 is 0 Å². The second-order valence-corrected chi connectivity index (χ2v) is 28.8. The highest BCUT2D eigenvalue weighted by Gasteiger charge is 2.30. The van der Waals surface area contributed by atoms with Crippen LogP contribution in [0.15, 0.2) is 158 Å². The van der Waals surface area contributed by atoms with Crippen LogP contribution in [0.2, 0.25) is 0 Å². The van der Waals surface area contributed by atoms with Crippen molar-refractivity contribution in [3.63, 3.8) is 0 Å². The smallest absolute Gasteiger partial charge is 0.462 e. The number of phosphoric ester groups is 2.